The fourth-order valence-electron chi connectivity index (χ4n) is 2.26. The molecule has 0 aromatic heterocycles. The molecule has 0 aliphatic rings. The maximum Gasteiger partial charge on any atom is 0.255 e. The fraction of sp³-hybridized carbons (Fsp3) is 0.312. The zero-order chi connectivity index (χ0) is 15.2. The first-order valence-electron chi connectivity index (χ1n) is 6.78. The average molecular weight is 289 g/mol. The second-order valence-corrected chi connectivity index (χ2v) is 4.82. The number of rotatable bonds is 6. The minimum absolute atomic E-state index is 0.0363. The number of benzene rings is 2. The van der Waals surface area contributed by atoms with Gasteiger partial charge < -0.3 is 20.3 Å². The number of carbonyl (C=O) groups excluding carboxylic acids is 1. The number of carbonyl (C=O) groups is 1. The Labute approximate surface area is 123 Å². The summed E-state index contributed by atoms with van der Waals surface area (Å²) in [6.07, 6.45) is 0.397. The lowest BCUT2D eigenvalue weighted by molar-refractivity contribution is 0.0876. The number of aromatic hydroxyl groups is 1. The molecule has 1 atom stereocenters. The molecule has 2 rings (SSSR count). The summed E-state index contributed by atoms with van der Waals surface area (Å²) in [6.45, 7) is 0.263. The van der Waals surface area contributed by atoms with E-state index in [0.717, 1.165) is 5.39 Å². The average Bonchev–Trinajstić information content (AvgIpc) is 2.48. The zero-order valence-electron chi connectivity index (χ0n) is 11.9. The van der Waals surface area contributed by atoms with E-state index in [4.69, 9.17) is 9.84 Å². The molecule has 21 heavy (non-hydrogen) atoms. The van der Waals surface area contributed by atoms with Crippen molar-refractivity contribution in [3.8, 4) is 5.75 Å². The number of phenolic OH excluding ortho intramolecular Hbond substituents is 1. The summed E-state index contributed by atoms with van der Waals surface area (Å²) in [7, 11) is 1.53. The van der Waals surface area contributed by atoms with Crippen LogP contribution < -0.4 is 5.32 Å². The summed E-state index contributed by atoms with van der Waals surface area (Å²) in [6, 6.07) is 10.4. The van der Waals surface area contributed by atoms with Gasteiger partial charge in [-0.1, -0.05) is 30.3 Å². The van der Waals surface area contributed by atoms with Gasteiger partial charge in [-0.3, -0.25) is 4.79 Å². The van der Waals surface area contributed by atoms with Crippen LogP contribution in [0.5, 0.6) is 5.75 Å². The molecular weight excluding hydrogens is 270 g/mol. The third-order valence-electron chi connectivity index (χ3n) is 3.33. The summed E-state index contributed by atoms with van der Waals surface area (Å²) in [5.41, 5.74) is 0.216. The Balaban J connectivity index is 2.24. The first kappa shape index (κ1) is 15.3. The molecule has 1 amide bonds. The van der Waals surface area contributed by atoms with E-state index in [-0.39, 0.29) is 29.9 Å². The van der Waals surface area contributed by atoms with E-state index in [1.54, 1.807) is 18.2 Å². The molecular formula is C16H19NO4. The van der Waals surface area contributed by atoms with Crippen molar-refractivity contribution in [1.29, 1.82) is 0 Å². The van der Waals surface area contributed by atoms with Gasteiger partial charge in [0, 0.05) is 19.1 Å². The lowest BCUT2D eigenvalue weighted by Gasteiger charge is -2.17. The summed E-state index contributed by atoms with van der Waals surface area (Å²) < 4.78 is 5.01. The van der Waals surface area contributed by atoms with E-state index in [2.05, 4.69) is 5.32 Å². The number of phenols is 1. The van der Waals surface area contributed by atoms with Crippen molar-refractivity contribution >= 4 is 16.7 Å². The molecule has 5 nitrogen and oxygen atoms in total. The standard InChI is InChI=1S/C16H19NO4/c1-21-10-12(8-9-18)17-16(20)14-7-6-11-4-2-3-5-13(11)15(14)19/h2-7,12,18-19H,8-10H2,1H3,(H,17,20). The number of methoxy groups -OCH3 is 1. The van der Waals surface area contributed by atoms with Crippen LogP contribution in [-0.2, 0) is 4.74 Å². The molecule has 0 fully saturated rings. The minimum Gasteiger partial charge on any atom is -0.506 e. The Hall–Kier alpha value is -2.11. The van der Waals surface area contributed by atoms with Crippen LogP contribution in [0.4, 0.5) is 0 Å². The van der Waals surface area contributed by atoms with Gasteiger partial charge >= 0.3 is 0 Å². The molecule has 2 aromatic rings. The quantitative estimate of drug-likeness (QED) is 0.756. The number of aliphatic hydroxyl groups excluding tert-OH is 1. The van der Waals surface area contributed by atoms with Crippen molar-refractivity contribution in [3.63, 3.8) is 0 Å². The molecule has 1 unspecified atom stereocenters. The van der Waals surface area contributed by atoms with Gasteiger partial charge in [-0.2, -0.15) is 0 Å². The Bertz CT molecular complexity index is 621. The van der Waals surface area contributed by atoms with Crippen LogP contribution in [0.15, 0.2) is 36.4 Å². The van der Waals surface area contributed by atoms with Crippen LogP contribution in [0.3, 0.4) is 0 Å². The summed E-state index contributed by atoms with van der Waals surface area (Å²) >= 11 is 0. The smallest absolute Gasteiger partial charge is 0.255 e. The molecule has 0 radical (unpaired) electrons. The predicted octanol–water partition coefficient (Wildman–Crippen LogP) is 1.67. The van der Waals surface area contributed by atoms with Gasteiger partial charge in [-0.05, 0) is 17.9 Å². The van der Waals surface area contributed by atoms with Crippen molar-refractivity contribution < 1.29 is 19.7 Å². The third-order valence-corrected chi connectivity index (χ3v) is 3.33. The normalized spacial score (nSPS) is 12.3. The van der Waals surface area contributed by atoms with Crippen molar-refractivity contribution in [3.05, 3.63) is 42.0 Å². The van der Waals surface area contributed by atoms with Crippen molar-refractivity contribution in [2.75, 3.05) is 20.3 Å². The Morgan fingerprint density at radius 1 is 1.29 bits per heavy atom. The molecule has 0 aliphatic heterocycles. The number of fused-ring (bicyclic) bond motifs is 1. The van der Waals surface area contributed by atoms with E-state index in [0.29, 0.717) is 18.4 Å². The highest BCUT2D eigenvalue weighted by atomic mass is 16.5. The molecule has 0 saturated carbocycles. The number of hydrogen-bond donors (Lipinski definition) is 3. The summed E-state index contributed by atoms with van der Waals surface area (Å²) in [5, 5.41) is 23.5. The number of nitrogens with one attached hydrogen (secondary N) is 1. The van der Waals surface area contributed by atoms with Gasteiger partial charge in [-0.15, -0.1) is 0 Å². The number of aliphatic hydroxyl groups is 1. The largest absolute Gasteiger partial charge is 0.506 e. The van der Waals surface area contributed by atoms with Crippen LogP contribution in [0.2, 0.25) is 0 Å². The predicted molar refractivity (Wildman–Crippen MR) is 80.4 cm³/mol. The van der Waals surface area contributed by atoms with Gasteiger partial charge in [0.25, 0.3) is 5.91 Å². The van der Waals surface area contributed by atoms with Crippen LogP contribution in [0, 0.1) is 0 Å². The second kappa shape index (κ2) is 7.06. The second-order valence-electron chi connectivity index (χ2n) is 4.82. The van der Waals surface area contributed by atoms with Gasteiger partial charge in [0.15, 0.2) is 0 Å². The van der Waals surface area contributed by atoms with Crippen LogP contribution in [0.25, 0.3) is 10.8 Å². The van der Waals surface area contributed by atoms with E-state index in [1.165, 1.54) is 7.11 Å². The van der Waals surface area contributed by atoms with Crippen molar-refractivity contribution in [2.45, 2.75) is 12.5 Å². The Morgan fingerprint density at radius 2 is 2.05 bits per heavy atom. The fourth-order valence-corrected chi connectivity index (χ4v) is 2.26. The lowest BCUT2D eigenvalue weighted by atomic mass is 10.0. The molecule has 0 saturated heterocycles. The number of amides is 1. The molecule has 0 spiro atoms. The lowest BCUT2D eigenvalue weighted by Crippen LogP contribution is -2.38. The molecule has 5 heteroatoms. The molecule has 2 aromatic carbocycles. The van der Waals surface area contributed by atoms with Gasteiger partial charge in [0.05, 0.1) is 18.2 Å². The summed E-state index contributed by atoms with van der Waals surface area (Å²) in [5.74, 6) is -0.417. The molecule has 3 N–H and O–H groups in total. The molecule has 112 valence electrons. The highest BCUT2D eigenvalue weighted by molar-refractivity contribution is 6.03. The molecule has 0 heterocycles. The number of hydrogen-bond acceptors (Lipinski definition) is 4. The third kappa shape index (κ3) is 3.51. The van der Waals surface area contributed by atoms with Crippen molar-refractivity contribution in [1.82, 2.24) is 5.32 Å². The van der Waals surface area contributed by atoms with Gasteiger partial charge in [0.1, 0.15) is 5.75 Å². The van der Waals surface area contributed by atoms with E-state index < -0.39 is 0 Å². The number of ether oxygens (including phenoxy) is 1. The van der Waals surface area contributed by atoms with E-state index in [1.807, 2.05) is 18.2 Å². The van der Waals surface area contributed by atoms with E-state index in [9.17, 15) is 9.90 Å². The highest BCUT2D eigenvalue weighted by Crippen LogP contribution is 2.28. The molecule has 0 aliphatic carbocycles. The van der Waals surface area contributed by atoms with Crippen LogP contribution in [0.1, 0.15) is 16.8 Å². The van der Waals surface area contributed by atoms with Crippen LogP contribution >= 0.6 is 0 Å². The van der Waals surface area contributed by atoms with Crippen LogP contribution in [-0.4, -0.2) is 42.5 Å². The van der Waals surface area contributed by atoms with Crippen molar-refractivity contribution in [2.24, 2.45) is 0 Å². The zero-order valence-corrected chi connectivity index (χ0v) is 11.9. The maximum absolute atomic E-state index is 12.3. The topological polar surface area (TPSA) is 78.8 Å². The Morgan fingerprint density at radius 3 is 2.76 bits per heavy atom. The maximum atomic E-state index is 12.3. The SMILES string of the molecule is COCC(CCO)NC(=O)c1ccc2ccccc2c1O. The minimum atomic E-state index is -0.381. The first-order valence-corrected chi connectivity index (χ1v) is 6.78. The monoisotopic (exact) mass is 289 g/mol. The molecule has 0 bridgehead atoms. The van der Waals surface area contributed by atoms with E-state index >= 15 is 0 Å². The Kier molecular flexibility index (Phi) is 5.14. The van der Waals surface area contributed by atoms with Gasteiger partial charge in [0.2, 0.25) is 0 Å². The first-order chi connectivity index (χ1) is 10.2. The summed E-state index contributed by atoms with van der Waals surface area (Å²) in [4.78, 5) is 12.3. The van der Waals surface area contributed by atoms with Gasteiger partial charge in [-0.25, -0.2) is 0 Å². The highest BCUT2D eigenvalue weighted by Gasteiger charge is 2.17.